The number of nitrogens with two attached hydrogens (primary N) is 1. The first-order valence-corrected chi connectivity index (χ1v) is 5.63. The highest BCUT2D eigenvalue weighted by atomic mass is 16.5. The van der Waals surface area contributed by atoms with Crippen LogP contribution in [0.4, 0.5) is 4.79 Å². The molecule has 3 rings (SSSR count). The molecule has 3 fully saturated rings. The first kappa shape index (κ1) is 10.7. The normalized spacial score (nSPS) is 40.9. The minimum absolute atomic E-state index is 0.0731. The van der Waals surface area contributed by atoms with Crippen molar-refractivity contribution in [2.45, 2.75) is 50.8 Å². The Morgan fingerprint density at radius 3 is 2.80 bits per heavy atom. The summed E-state index contributed by atoms with van der Waals surface area (Å²) in [5, 5.41) is 0. The number of methoxy groups -OCH3 is 1. The van der Waals surface area contributed by atoms with E-state index in [4.69, 9.17) is 10.5 Å². The quantitative estimate of drug-likeness (QED) is 0.751. The molecule has 4 heteroatoms. The fourth-order valence-corrected chi connectivity index (χ4v) is 3.52. The molecule has 15 heavy (non-hydrogen) atoms. The zero-order valence-electron chi connectivity index (χ0n) is 9.69. The minimum atomic E-state index is -0.290. The number of fused-ring (bicyclic) bond motifs is 2. The molecule has 0 spiro atoms. The Bertz CT molecular complexity index is 282. The second-order valence-corrected chi connectivity index (χ2v) is 5.09. The fourth-order valence-electron chi connectivity index (χ4n) is 3.52. The van der Waals surface area contributed by atoms with E-state index in [0.29, 0.717) is 12.0 Å². The average Bonchev–Trinajstić information content (AvgIpc) is 2.14. The summed E-state index contributed by atoms with van der Waals surface area (Å²) < 4.78 is 5.41. The third-order valence-electron chi connectivity index (χ3n) is 4.16. The van der Waals surface area contributed by atoms with Crippen LogP contribution in [0.15, 0.2) is 0 Å². The Balaban J connectivity index is 2.23. The van der Waals surface area contributed by atoms with Crippen molar-refractivity contribution in [2.75, 3.05) is 7.11 Å². The Hall–Kier alpha value is -0.770. The van der Waals surface area contributed by atoms with Crippen LogP contribution in [0.1, 0.15) is 33.1 Å². The summed E-state index contributed by atoms with van der Waals surface area (Å²) in [7, 11) is 1.70. The van der Waals surface area contributed by atoms with Gasteiger partial charge in [0.15, 0.2) is 0 Å². The van der Waals surface area contributed by atoms with Gasteiger partial charge >= 0.3 is 6.03 Å². The number of carbonyl (C=O) groups excluding carboxylic acids is 1. The molecule has 1 aliphatic carbocycles. The van der Waals surface area contributed by atoms with Gasteiger partial charge in [-0.05, 0) is 32.1 Å². The highest BCUT2D eigenvalue weighted by Crippen LogP contribution is 2.51. The molecule has 4 unspecified atom stereocenters. The van der Waals surface area contributed by atoms with Crippen molar-refractivity contribution < 1.29 is 9.53 Å². The predicted molar refractivity (Wildman–Crippen MR) is 57.4 cm³/mol. The van der Waals surface area contributed by atoms with Crippen LogP contribution in [0, 0.1) is 5.92 Å². The van der Waals surface area contributed by atoms with E-state index < -0.39 is 0 Å². The van der Waals surface area contributed by atoms with Crippen LogP contribution in [0.3, 0.4) is 0 Å². The number of carbonyl (C=O) groups is 1. The lowest BCUT2D eigenvalue weighted by Crippen LogP contribution is -2.76. The third-order valence-corrected chi connectivity index (χ3v) is 4.16. The van der Waals surface area contributed by atoms with Gasteiger partial charge in [-0.1, -0.05) is 6.92 Å². The van der Waals surface area contributed by atoms with Gasteiger partial charge < -0.3 is 15.4 Å². The number of primary amides is 1. The number of rotatable bonds is 2. The number of ether oxygens (including phenoxy) is 1. The molecule has 4 nitrogen and oxygen atoms in total. The maximum atomic E-state index is 11.4. The van der Waals surface area contributed by atoms with Gasteiger partial charge in [0.1, 0.15) is 0 Å². The van der Waals surface area contributed by atoms with E-state index in [1.165, 1.54) is 0 Å². The van der Waals surface area contributed by atoms with E-state index in [2.05, 4.69) is 6.92 Å². The molecule has 4 atom stereocenters. The second kappa shape index (κ2) is 3.37. The number of hydrogen-bond donors (Lipinski definition) is 1. The summed E-state index contributed by atoms with van der Waals surface area (Å²) >= 11 is 0. The van der Waals surface area contributed by atoms with Crippen molar-refractivity contribution >= 4 is 6.03 Å². The summed E-state index contributed by atoms with van der Waals surface area (Å²) in [5.74, 6) is 0.664. The Labute approximate surface area is 90.8 Å². The molecule has 1 saturated carbocycles. The first-order chi connectivity index (χ1) is 7.01. The van der Waals surface area contributed by atoms with E-state index in [9.17, 15) is 4.79 Å². The summed E-state index contributed by atoms with van der Waals surface area (Å²) in [6.07, 6.45) is 3.22. The SMILES string of the molecule is COC(C)C12CC(C)CC(C1)N2C(N)=O. The number of amides is 2. The molecule has 2 bridgehead atoms. The lowest BCUT2D eigenvalue weighted by Gasteiger charge is -2.64. The second-order valence-electron chi connectivity index (χ2n) is 5.09. The molecule has 0 aromatic carbocycles. The van der Waals surface area contributed by atoms with Crippen molar-refractivity contribution in [3.05, 3.63) is 0 Å². The summed E-state index contributed by atoms with van der Waals surface area (Å²) in [4.78, 5) is 13.3. The topological polar surface area (TPSA) is 55.6 Å². The lowest BCUT2D eigenvalue weighted by molar-refractivity contribution is -0.156. The highest BCUT2D eigenvalue weighted by molar-refractivity contribution is 5.75. The number of nitrogens with zero attached hydrogens (tertiary/aromatic N) is 1. The first-order valence-electron chi connectivity index (χ1n) is 5.63. The van der Waals surface area contributed by atoms with Gasteiger partial charge in [-0.15, -0.1) is 0 Å². The predicted octanol–water partition coefficient (Wildman–Crippen LogP) is 1.34. The molecule has 0 aromatic heterocycles. The Morgan fingerprint density at radius 1 is 1.60 bits per heavy atom. The van der Waals surface area contributed by atoms with Crippen molar-refractivity contribution in [1.82, 2.24) is 4.90 Å². The van der Waals surface area contributed by atoms with Crippen LogP contribution in [-0.4, -0.2) is 35.7 Å². The fraction of sp³-hybridized carbons (Fsp3) is 0.909. The Morgan fingerprint density at radius 2 is 2.27 bits per heavy atom. The molecular weight excluding hydrogens is 192 g/mol. The van der Waals surface area contributed by atoms with E-state index in [0.717, 1.165) is 19.3 Å². The van der Waals surface area contributed by atoms with Crippen LogP contribution in [0.5, 0.6) is 0 Å². The van der Waals surface area contributed by atoms with Crippen LogP contribution < -0.4 is 5.73 Å². The van der Waals surface area contributed by atoms with Gasteiger partial charge in [0.25, 0.3) is 0 Å². The lowest BCUT2D eigenvalue weighted by atomic mass is 9.62. The van der Waals surface area contributed by atoms with Gasteiger partial charge in [0, 0.05) is 13.2 Å². The van der Waals surface area contributed by atoms with E-state index in [1.807, 2.05) is 11.8 Å². The molecular formula is C11H20N2O2. The van der Waals surface area contributed by atoms with E-state index in [1.54, 1.807) is 7.11 Å². The maximum Gasteiger partial charge on any atom is 0.315 e. The van der Waals surface area contributed by atoms with E-state index in [-0.39, 0.29) is 17.7 Å². The molecule has 2 amide bonds. The maximum absolute atomic E-state index is 11.4. The van der Waals surface area contributed by atoms with Gasteiger partial charge in [-0.2, -0.15) is 0 Å². The standard InChI is InChI=1S/C11H20N2O2/c1-7-4-9-6-11(5-7,8(2)15-3)13(9)10(12)14/h7-9H,4-6H2,1-3H3,(H2,12,14). The average molecular weight is 212 g/mol. The number of hydrogen-bond acceptors (Lipinski definition) is 2. The molecule has 2 N–H and O–H groups in total. The number of urea groups is 1. The summed E-state index contributed by atoms with van der Waals surface area (Å²) in [6, 6.07) is 0.0610. The van der Waals surface area contributed by atoms with Gasteiger partial charge in [-0.25, -0.2) is 4.79 Å². The van der Waals surface area contributed by atoms with Crippen LogP contribution in [-0.2, 0) is 4.74 Å². The van der Waals surface area contributed by atoms with E-state index >= 15 is 0 Å². The van der Waals surface area contributed by atoms with Crippen molar-refractivity contribution in [1.29, 1.82) is 0 Å². The smallest absolute Gasteiger partial charge is 0.315 e. The third kappa shape index (κ3) is 1.34. The van der Waals surface area contributed by atoms with Crippen molar-refractivity contribution in [3.63, 3.8) is 0 Å². The van der Waals surface area contributed by atoms with Crippen LogP contribution in [0.25, 0.3) is 0 Å². The Kier molecular flexibility index (Phi) is 2.41. The van der Waals surface area contributed by atoms with Crippen molar-refractivity contribution in [2.24, 2.45) is 11.7 Å². The van der Waals surface area contributed by atoms with Crippen LogP contribution in [0.2, 0.25) is 0 Å². The monoisotopic (exact) mass is 212 g/mol. The zero-order valence-corrected chi connectivity index (χ0v) is 9.69. The minimum Gasteiger partial charge on any atom is -0.379 e. The molecule has 0 radical (unpaired) electrons. The molecule has 2 aliphatic heterocycles. The highest BCUT2D eigenvalue weighted by Gasteiger charge is 2.60. The van der Waals surface area contributed by atoms with Crippen molar-refractivity contribution in [3.8, 4) is 0 Å². The van der Waals surface area contributed by atoms with Crippen LogP contribution >= 0.6 is 0 Å². The number of piperidine rings is 1. The zero-order chi connectivity index (χ0) is 11.2. The largest absolute Gasteiger partial charge is 0.379 e. The summed E-state index contributed by atoms with van der Waals surface area (Å²) in [6.45, 7) is 4.27. The molecule has 86 valence electrons. The molecule has 3 aliphatic rings. The van der Waals surface area contributed by atoms with Gasteiger partial charge in [0.05, 0.1) is 11.6 Å². The summed E-state index contributed by atoms with van der Waals surface area (Å²) in [5.41, 5.74) is 5.32. The molecule has 2 heterocycles. The molecule has 0 aromatic rings. The van der Waals surface area contributed by atoms with Gasteiger partial charge in [-0.3, -0.25) is 0 Å². The molecule has 2 saturated heterocycles. The van der Waals surface area contributed by atoms with Gasteiger partial charge in [0.2, 0.25) is 0 Å².